The van der Waals surface area contributed by atoms with Crippen molar-refractivity contribution >= 4 is 5.97 Å². The third-order valence-corrected chi connectivity index (χ3v) is 3.18. The van der Waals surface area contributed by atoms with Gasteiger partial charge in [-0.15, -0.1) is 0 Å². The molecule has 0 radical (unpaired) electrons. The second kappa shape index (κ2) is 7.71. The summed E-state index contributed by atoms with van der Waals surface area (Å²) in [6, 6.07) is 0.177. The molecule has 0 bridgehead atoms. The molecule has 0 amide bonds. The Labute approximate surface area is 111 Å². The van der Waals surface area contributed by atoms with E-state index in [9.17, 15) is 4.79 Å². The number of nitrogens with two attached hydrogens (primary N) is 1. The van der Waals surface area contributed by atoms with Crippen LogP contribution in [0, 0.1) is 0 Å². The van der Waals surface area contributed by atoms with Crippen LogP contribution in [0.5, 0.6) is 0 Å². The molecule has 0 aromatic heterocycles. The molecule has 0 spiro atoms. The van der Waals surface area contributed by atoms with Gasteiger partial charge in [0.05, 0.1) is 0 Å². The Morgan fingerprint density at radius 3 is 2.28 bits per heavy atom. The van der Waals surface area contributed by atoms with Crippen LogP contribution in [0.2, 0.25) is 0 Å². The fourth-order valence-corrected chi connectivity index (χ4v) is 2.00. The van der Waals surface area contributed by atoms with Crippen molar-refractivity contribution in [2.45, 2.75) is 45.2 Å². The lowest BCUT2D eigenvalue weighted by molar-refractivity contribution is -0.143. The lowest BCUT2D eigenvalue weighted by atomic mass is 9.94. The van der Waals surface area contributed by atoms with Gasteiger partial charge in [-0.3, -0.25) is 9.69 Å². The largest absolute Gasteiger partial charge is 0.480 e. The average molecular weight is 259 g/mol. The van der Waals surface area contributed by atoms with Gasteiger partial charge in [-0.25, -0.2) is 0 Å². The lowest BCUT2D eigenvalue weighted by Crippen LogP contribution is -2.51. The maximum atomic E-state index is 11.1. The third kappa shape index (κ3) is 6.33. The van der Waals surface area contributed by atoms with Crippen molar-refractivity contribution in [2.75, 3.05) is 33.7 Å². The standard InChI is InChI=1S/C13H29N3O2/c1-6-7-16(9-8-15(4)5)11(2)10-13(3,14)12(17)18/h11H,6-10,14H2,1-5H3,(H,17,18). The quantitative estimate of drug-likeness (QED) is 0.642. The molecule has 0 rings (SSSR count). The Bertz CT molecular complexity index is 255. The molecule has 108 valence electrons. The molecule has 2 unspecified atom stereocenters. The van der Waals surface area contributed by atoms with E-state index in [4.69, 9.17) is 10.8 Å². The van der Waals surface area contributed by atoms with E-state index in [0.29, 0.717) is 6.42 Å². The van der Waals surface area contributed by atoms with E-state index in [1.807, 2.05) is 14.1 Å². The Kier molecular flexibility index (Phi) is 7.43. The van der Waals surface area contributed by atoms with Crippen LogP contribution in [0.1, 0.15) is 33.6 Å². The lowest BCUT2D eigenvalue weighted by Gasteiger charge is -2.33. The van der Waals surface area contributed by atoms with Gasteiger partial charge in [0.25, 0.3) is 0 Å². The maximum absolute atomic E-state index is 11.1. The van der Waals surface area contributed by atoms with Crippen molar-refractivity contribution in [1.29, 1.82) is 0 Å². The highest BCUT2D eigenvalue weighted by atomic mass is 16.4. The summed E-state index contributed by atoms with van der Waals surface area (Å²) in [4.78, 5) is 15.5. The molecule has 18 heavy (non-hydrogen) atoms. The van der Waals surface area contributed by atoms with Crippen LogP contribution >= 0.6 is 0 Å². The van der Waals surface area contributed by atoms with Gasteiger partial charge < -0.3 is 15.7 Å². The molecule has 5 heteroatoms. The van der Waals surface area contributed by atoms with E-state index in [0.717, 1.165) is 26.1 Å². The first kappa shape index (κ1) is 17.4. The van der Waals surface area contributed by atoms with Crippen molar-refractivity contribution < 1.29 is 9.90 Å². The van der Waals surface area contributed by atoms with Crippen molar-refractivity contribution in [2.24, 2.45) is 5.73 Å². The number of rotatable bonds is 9. The SMILES string of the molecule is CCCN(CCN(C)C)C(C)CC(C)(N)C(=O)O. The molecule has 0 aromatic rings. The normalized spacial score (nSPS) is 16.9. The first-order valence-corrected chi connectivity index (χ1v) is 6.61. The summed E-state index contributed by atoms with van der Waals surface area (Å²) < 4.78 is 0. The van der Waals surface area contributed by atoms with E-state index >= 15 is 0 Å². The molecular weight excluding hydrogens is 230 g/mol. The smallest absolute Gasteiger partial charge is 0.323 e. The van der Waals surface area contributed by atoms with Gasteiger partial charge in [0.1, 0.15) is 5.54 Å². The van der Waals surface area contributed by atoms with Gasteiger partial charge in [0.2, 0.25) is 0 Å². The Morgan fingerprint density at radius 1 is 1.33 bits per heavy atom. The average Bonchev–Trinajstić information content (AvgIpc) is 2.22. The highest BCUT2D eigenvalue weighted by Crippen LogP contribution is 2.14. The number of hydrogen-bond donors (Lipinski definition) is 2. The fourth-order valence-electron chi connectivity index (χ4n) is 2.00. The van der Waals surface area contributed by atoms with E-state index in [2.05, 4.69) is 23.6 Å². The number of nitrogens with zero attached hydrogens (tertiary/aromatic N) is 2. The first-order valence-electron chi connectivity index (χ1n) is 6.61. The van der Waals surface area contributed by atoms with Crippen LogP contribution < -0.4 is 5.73 Å². The Morgan fingerprint density at radius 2 is 1.89 bits per heavy atom. The van der Waals surface area contributed by atoms with Crippen LogP contribution in [0.15, 0.2) is 0 Å². The molecule has 0 fully saturated rings. The van der Waals surface area contributed by atoms with Crippen LogP contribution in [-0.2, 0) is 4.79 Å². The van der Waals surface area contributed by atoms with Crippen molar-refractivity contribution in [1.82, 2.24) is 9.80 Å². The highest BCUT2D eigenvalue weighted by Gasteiger charge is 2.31. The fraction of sp³-hybridized carbons (Fsp3) is 0.923. The number of carboxylic acid groups (broad SMARTS) is 1. The Hall–Kier alpha value is -0.650. The van der Waals surface area contributed by atoms with Crippen LogP contribution in [0.3, 0.4) is 0 Å². The monoisotopic (exact) mass is 259 g/mol. The van der Waals surface area contributed by atoms with Crippen molar-refractivity contribution in [3.63, 3.8) is 0 Å². The topological polar surface area (TPSA) is 69.8 Å². The molecule has 3 N–H and O–H groups in total. The second-order valence-electron chi connectivity index (χ2n) is 5.62. The molecule has 0 aliphatic rings. The summed E-state index contributed by atoms with van der Waals surface area (Å²) >= 11 is 0. The summed E-state index contributed by atoms with van der Waals surface area (Å²) in [5, 5.41) is 9.07. The zero-order valence-electron chi connectivity index (χ0n) is 12.4. The molecule has 2 atom stereocenters. The molecule has 0 aromatic carbocycles. The van der Waals surface area contributed by atoms with Gasteiger partial charge in [0, 0.05) is 19.1 Å². The minimum absolute atomic E-state index is 0.177. The predicted octanol–water partition coefficient (Wildman–Crippen LogP) is 0.841. The number of carboxylic acids is 1. The minimum Gasteiger partial charge on any atom is -0.480 e. The summed E-state index contributed by atoms with van der Waals surface area (Å²) in [5.74, 6) is -0.932. The molecular formula is C13H29N3O2. The first-order chi connectivity index (χ1) is 8.20. The number of aliphatic carboxylic acids is 1. The van der Waals surface area contributed by atoms with Crippen molar-refractivity contribution in [3.05, 3.63) is 0 Å². The van der Waals surface area contributed by atoms with E-state index in [-0.39, 0.29) is 6.04 Å². The maximum Gasteiger partial charge on any atom is 0.323 e. The summed E-state index contributed by atoms with van der Waals surface area (Å²) in [6.45, 7) is 8.66. The van der Waals surface area contributed by atoms with Gasteiger partial charge in [-0.2, -0.15) is 0 Å². The predicted molar refractivity (Wildman–Crippen MR) is 74.7 cm³/mol. The van der Waals surface area contributed by atoms with Gasteiger partial charge in [0.15, 0.2) is 0 Å². The Balaban J connectivity index is 4.46. The number of likely N-dealkylation sites (N-methyl/N-ethyl adjacent to an activating group) is 1. The number of carbonyl (C=O) groups is 1. The van der Waals surface area contributed by atoms with Gasteiger partial charge in [-0.05, 0) is 47.3 Å². The third-order valence-electron chi connectivity index (χ3n) is 3.18. The summed E-state index contributed by atoms with van der Waals surface area (Å²) in [5.41, 5.74) is 4.66. The zero-order valence-corrected chi connectivity index (χ0v) is 12.4. The van der Waals surface area contributed by atoms with Crippen LogP contribution in [0.25, 0.3) is 0 Å². The molecule has 0 saturated heterocycles. The van der Waals surface area contributed by atoms with Gasteiger partial charge in [-0.1, -0.05) is 6.92 Å². The second-order valence-corrected chi connectivity index (χ2v) is 5.62. The molecule has 0 saturated carbocycles. The zero-order chi connectivity index (χ0) is 14.3. The van der Waals surface area contributed by atoms with Crippen LogP contribution in [0.4, 0.5) is 0 Å². The molecule has 0 aliphatic carbocycles. The number of hydrogen-bond acceptors (Lipinski definition) is 4. The van der Waals surface area contributed by atoms with E-state index < -0.39 is 11.5 Å². The van der Waals surface area contributed by atoms with Gasteiger partial charge >= 0.3 is 5.97 Å². The highest BCUT2D eigenvalue weighted by molar-refractivity contribution is 5.77. The molecule has 5 nitrogen and oxygen atoms in total. The van der Waals surface area contributed by atoms with Crippen molar-refractivity contribution in [3.8, 4) is 0 Å². The van der Waals surface area contributed by atoms with E-state index in [1.54, 1.807) is 6.92 Å². The van der Waals surface area contributed by atoms with Crippen LogP contribution in [-0.4, -0.2) is 66.2 Å². The molecule has 0 heterocycles. The molecule has 0 aliphatic heterocycles. The van der Waals surface area contributed by atoms with E-state index in [1.165, 1.54) is 0 Å². The summed E-state index contributed by atoms with van der Waals surface area (Å²) in [6.07, 6.45) is 1.53. The minimum atomic E-state index is -1.15. The summed E-state index contributed by atoms with van der Waals surface area (Å²) in [7, 11) is 4.08.